The fourth-order valence-corrected chi connectivity index (χ4v) is 0.946. The molecule has 0 bridgehead atoms. The van der Waals surface area contributed by atoms with Gasteiger partial charge in [0.15, 0.2) is 0 Å². The van der Waals surface area contributed by atoms with Crippen LogP contribution in [-0.2, 0) is 6.54 Å². The van der Waals surface area contributed by atoms with Crippen molar-refractivity contribution in [1.29, 1.82) is 5.41 Å². The van der Waals surface area contributed by atoms with Crippen LogP contribution in [0.5, 0.6) is 0 Å². The van der Waals surface area contributed by atoms with Crippen molar-refractivity contribution in [2.45, 2.75) is 20.4 Å². The van der Waals surface area contributed by atoms with Gasteiger partial charge in [-0.1, -0.05) is 6.92 Å². The van der Waals surface area contributed by atoms with E-state index in [4.69, 9.17) is 11.1 Å². The van der Waals surface area contributed by atoms with E-state index in [0.29, 0.717) is 6.54 Å². The van der Waals surface area contributed by atoms with Crippen LogP contribution in [0, 0.1) is 18.3 Å². The van der Waals surface area contributed by atoms with Gasteiger partial charge in [-0.05, 0) is 12.5 Å². The summed E-state index contributed by atoms with van der Waals surface area (Å²) in [7, 11) is 0. The Hall–Kier alpha value is -1.32. The summed E-state index contributed by atoms with van der Waals surface area (Å²) in [5.41, 5.74) is 6.46. The Morgan fingerprint density at radius 2 is 2.50 bits per heavy atom. The zero-order valence-corrected chi connectivity index (χ0v) is 7.41. The number of hydrogen-bond donors (Lipinski definition) is 2. The van der Waals surface area contributed by atoms with Crippen molar-refractivity contribution in [3.8, 4) is 0 Å². The molecule has 1 aromatic rings. The topological polar surface area (TPSA) is 67.7 Å². The second-order valence-corrected chi connectivity index (χ2v) is 3.10. The molecule has 3 N–H and O–H groups in total. The van der Waals surface area contributed by atoms with Crippen molar-refractivity contribution < 1.29 is 0 Å². The molecular formula is C8H14N4. The molecule has 0 radical (unpaired) electrons. The Bertz CT molecular complexity index is 276. The van der Waals surface area contributed by atoms with Gasteiger partial charge in [0.2, 0.25) is 0 Å². The Morgan fingerprint density at radius 1 is 1.83 bits per heavy atom. The van der Waals surface area contributed by atoms with E-state index in [1.165, 1.54) is 0 Å². The maximum atomic E-state index is 7.19. The van der Waals surface area contributed by atoms with Crippen LogP contribution in [0.3, 0.4) is 0 Å². The van der Waals surface area contributed by atoms with E-state index < -0.39 is 0 Å². The highest BCUT2D eigenvalue weighted by Crippen LogP contribution is 2.00. The molecule has 0 spiro atoms. The second-order valence-electron chi connectivity index (χ2n) is 3.10. The third-order valence-electron chi connectivity index (χ3n) is 1.75. The molecule has 0 saturated heterocycles. The van der Waals surface area contributed by atoms with E-state index in [-0.39, 0.29) is 11.8 Å². The summed E-state index contributed by atoms with van der Waals surface area (Å²) in [6, 6.07) is 0. The standard InChI is InChI=1S/C8H14N4/c1-6-3-11-12(4-6)5-7(2)8(9)10/h3-4,7H,5H2,1-2H3,(H3,9,10). The van der Waals surface area contributed by atoms with Gasteiger partial charge in [-0.25, -0.2) is 0 Å². The molecule has 1 heterocycles. The lowest BCUT2D eigenvalue weighted by atomic mass is 10.2. The highest BCUT2D eigenvalue weighted by atomic mass is 15.3. The minimum Gasteiger partial charge on any atom is -0.387 e. The highest BCUT2D eigenvalue weighted by molar-refractivity contribution is 5.79. The molecule has 4 heteroatoms. The van der Waals surface area contributed by atoms with Gasteiger partial charge >= 0.3 is 0 Å². The van der Waals surface area contributed by atoms with E-state index in [1.54, 1.807) is 10.9 Å². The van der Waals surface area contributed by atoms with Crippen molar-refractivity contribution in [3.05, 3.63) is 18.0 Å². The molecule has 0 aromatic carbocycles. The van der Waals surface area contributed by atoms with Crippen molar-refractivity contribution in [2.75, 3.05) is 0 Å². The molecule has 0 fully saturated rings. The molecule has 0 aliphatic heterocycles. The number of nitrogens with one attached hydrogen (secondary N) is 1. The van der Waals surface area contributed by atoms with Gasteiger partial charge in [-0.15, -0.1) is 0 Å². The molecule has 0 saturated carbocycles. The molecule has 1 rings (SSSR count). The summed E-state index contributed by atoms with van der Waals surface area (Å²) in [5.74, 6) is 0.271. The number of hydrogen-bond acceptors (Lipinski definition) is 2. The van der Waals surface area contributed by atoms with Crippen LogP contribution in [0.2, 0.25) is 0 Å². The first-order valence-electron chi connectivity index (χ1n) is 3.92. The van der Waals surface area contributed by atoms with E-state index in [0.717, 1.165) is 5.56 Å². The van der Waals surface area contributed by atoms with Crippen LogP contribution in [0.15, 0.2) is 12.4 Å². The van der Waals surface area contributed by atoms with Crippen molar-refractivity contribution in [3.63, 3.8) is 0 Å². The first-order valence-corrected chi connectivity index (χ1v) is 3.92. The van der Waals surface area contributed by atoms with Crippen molar-refractivity contribution >= 4 is 5.84 Å². The Labute approximate surface area is 71.9 Å². The van der Waals surface area contributed by atoms with Crippen LogP contribution in [0.25, 0.3) is 0 Å². The fraction of sp³-hybridized carbons (Fsp3) is 0.500. The Kier molecular flexibility index (Phi) is 2.47. The molecule has 0 aliphatic carbocycles. The maximum Gasteiger partial charge on any atom is 0.0952 e. The fourth-order valence-electron chi connectivity index (χ4n) is 0.946. The quantitative estimate of drug-likeness (QED) is 0.514. The monoisotopic (exact) mass is 166 g/mol. The Morgan fingerprint density at radius 3 is 2.92 bits per heavy atom. The Balaban J connectivity index is 2.58. The van der Waals surface area contributed by atoms with Crippen LogP contribution in [0.1, 0.15) is 12.5 Å². The average molecular weight is 166 g/mol. The van der Waals surface area contributed by atoms with Gasteiger partial charge < -0.3 is 5.73 Å². The van der Waals surface area contributed by atoms with Crippen LogP contribution in [0.4, 0.5) is 0 Å². The van der Waals surface area contributed by atoms with Gasteiger partial charge in [0.05, 0.1) is 18.6 Å². The molecule has 0 amide bonds. The average Bonchev–Trinajstić information content (AvgIpc) is 2.35. The van der Waals surface area contributed by atoms with E-state index in [9.17, 15) is 0 Å². The minimum atomic E-state index is 0.0595. The summed E-state index contributed by atoms with van der Waals surface area (Å²) in [6.45, 7) is 4.59. The lowest BCUT2D eigenvalue weighted by Gasteiger charge is -2.08. The third kappa shape index (κ3) is 2.08. The van der Waals surface area contributed by atoms with Crippen LogP contribution >= 0.6 is 0 Å². The normalized spacial score (nSPS) is 12.8. The summed E-state index contributed by atoms with van der Waals surface area (Å²) in [4.78, 5) is 0. The second kappa shape index (κ2) is 3.38. The molecule has 1 aromatic heterocycles. The summed E-state index contributed by atoms with van der Waals surface area (Å²) < 4.78 is 1.81. The number of nitrogens with two attached hydrogens (primary N) is 1. The number of rotatable bonds is 3. The van der Waals surface area contributed by atoms with Crippen molar-refractivity contribution in [1.82, 2.24) is 9.78 Å². The van der Waals surface area contributed by atoms with Crippen LogP contribution in [-0.4, -0.2) is 15.6 Å². The van der Waals surface area contributed by atoms with Crippen molar-refractivity contribution in [2.24, 2.45) is 11.7 Å². The van der Waals surface area contributed by atoms with Crippen LogP contribution < -0.4 is 5.73 Å². The molecular weight excluding hydrogens is 152 g/mol. The summed E-state index contributed by atoms with van der Waals surface area (Å²) in [5, 5.41) is 11.3. The zero-order valence-electron chi connectivity index (χ0n) is 7.41. The van der Waals surface area contributed by atoms with E-state index in [2.05, 4.69) is 5.10 Å². The third-order valence-corrected chi connectivity index (χ3v) is 1.75. The summed E-state index contributed by atoms with van der Waals surface area (Å²) >= 11 is 0. The van der Waals surface area contributed by atoms with Gasteiger partial charge in [0.25, 0.3) is 0 Å². The molecule has 0 aliphatic rings. The smallest absolute Gasteiger partial charge is 0.0952 e. The lowest BCUT2D eigenvalue weighted by molar-refractivity contribution is 0.537. The van der Waals surface area contributed by atoms with Gasteiger partial charge in [-0.2, -0.15) is 5.10 Å². The van der Waals surface area contributed by atoms with Gasteiger partial charge in [-0.3, -0.25) is 10.1 Å². The minimum absolute atomic E-state index is 0.0595. The first kappa shape index (κ1) is 8.77. The summed E-state index contributed by atoms with van der Waals surface area (Å²) in [6.07, 6.45) is 3.74. The number of aromatic nitrogens is 2. The van der Waals surface area contributed by atoms with E-state index >= 15 is 0 Å². The first-order chi connectivity index (χ1) is 5.59. The van der Waals surface area contributed by atoms with Gasteiger partial charge in [0.1, 0.15) is 0 Å². The molecule has 66 valence electrons. The molecule has 4 nitrogen and oxygen atoms in total. The van der Waals surface area contributed by atoms with E-state index in [1.807, 2.05) is 20.0 Å². The highest BCUT2D eigenvalue weighted by Gasteiger charge is 2.05. The number of amidine groups is 1. The SMILES string of the molecule is Cc1cnn(CC(C)C(=N)N)c1. The van der Waals surface area contributed by atoms with Gasteiger partial charge in [0, 0.05) is 12.1 Å². The largest absolute Gasteiger partial charge is 0.387 e. The zero-order chi connectivity index (χ0) is 9.14. The molecule has 1 unspecified atom stereocenters. The molecule has 12 heavy (non-hydrogen) atoms. The number of nitrogens with zero attached hydrogens (tertiary/aromatic N) is 2. The predicted molar refractivity (Wildman–Crippen MR) is 48.0 cm³/mol. The molecule has 1 atom stereocenters. The predicted octanol–water partition coefficient (Wildman–Crippen LogP) is 0.764. The number of aryl methyl sites for hydroxylation is 1. The lowest BCUT2D eigenvalue weighted by Crippen LogP contribution is -2.24. The maximum absolute atomic E-state index is 7.19.